The van der Waals surface area contributed by atoms with Gasteiger partial charge < -0.3 is 5.11 Å². The highest BCUT2D eigenvalue weighted by molar-refractivity contribution is 7.99. The first-order chi connectivity index (χ1) is 7.78. The van der Waals surface area contributed by atoms with Crippen LogP contribution in [0.1, 0.15) is 5.56 Å². The molecule has 1 heterocycles. The van der Waals surface area contributed by atoms with Gasteiger partial charge in [-0.15, -0.1) is 0 Å². The van der Waals surface area contributed by atoms with Crippen LogP contribution in [0, 0.1) is 0 Å². The maximum atomic E-state index is 8.85. The number of hydrogen-bond acceptors (Lipinski definition) is 4. The molecule has 16 heavy (non-hydrogen) atoms. The molecule has 0 saturated heterocycles. The maximum absolute atomic E-state index is 8.85. The molecule has 1 aromatic carbocycles. The van der Waals surface area contributed by atoms with Crippen LogP contribution >= 0.6 is 23.4 Å². The molecule has 0 radical (unpaired) electrons. The summed E-state index contributed by atoms with van der Waals surface area (Å²) in [5.74, 6) is 0. The first-order valence-electron chi connectivity index (χ1n) is 4.63. The number of aliphatic hydroxyl groups is 1. The van der Waals surface area contributed by atoms with Gasteiger partial charge in [0.15, 0.2) is 5.16 Å². The average Bonchev–Trinajstić information content (AvgIpc) is 2.33. The maximum Gasteiger partial charge on any atom is 0.192 e. The molecule has 0 aliphatic rings. The van der Waals surface area contributed by atoms with Crippen LogP contribution in [-0.2, 0) is 6.61 Å². The van der Waals surface area contributed by atoms with Gasteiger partial charge in [-0.25, -0.2) is 9.97 Å². The van der Waals surface area contributed by atoms with Gasteiger partial charge in [0.2, 0.25) is 0 Å². The molecule has 5 heteroatoms. The summed E-state index contributed by atoms with van der Waals surface area (Å²) >= 11 is 7.24. The molecule has 0 spiro atoms. The van der Waals surface area contributed by atoms with Crippen LogP contribution in [0.3, 0.4) is 0 Å². The van der Waals surface area contributed by atoms with Crippen molar-refractivity contribution in [2.45, 2.75) is 16.7 Å². The minimum absolute atomic E-state index is 0.0358. The number of aliphatic hydroxyl groups excluding tert-OH is 1. The Morgan fingerprint density at radius 1 is 1.12 bits per heavy atom. The zero-order chi connectivity index (χ0) is 11.4. The summed E-state index contributed by atoms with van der Waals surface area (Å²) in [5.41, 5.74) is 0.709. The molecule has 1 N–H and O–H groups in total. The van der Waals surface area contributed by atoms with E-state index >= 15 is 0 Å². The van der Waals surface area contributed by atoms with Crippen LogP contribution in [0.15, 0.2) is 46.7 Å². The SMILES string of the molecule is OCc1cnc(Sc2ccc(Cl)cc2)nc1. The number of aromatic nitrogens is 2. The fourth-order valence-corrected chi connectivity index (χ4v) is 1.91. The van der Waals surface area contributed by atoms with Crippen LogP contribution in [0.2, 0.25) is 5.02 Å². The van der Waals surface area contributed by atoms with Gasteiger partial charge in [0.05, 0.1) is 6.61 Å². The predicted molar refractivity (Wildman–Crippen MR) is 63.5 cm³/mol. The zero-order valence-electron chi connectivity index (χ0n) is 8.30. The Hall–Kier alpha value is -1.10. The second kappa shape index (κ2) is 5.30. The largest absolute Gasteiger partial charge is 0.392 e. The van der Waals surface area contributed by atoms with Gasteiger partial charge in [0, 0.05) is 27.9 Å². The highest BCUT2D eigenvalue weighted by Crippen LogP contribution is 2.25. The molecule has 0 saturated carbocycles. The molecule has 2 rings (SSSR count). The number of hydrogen-bond donors (Lipinski definition) is 1. The third kappa shape index (κ3) is 2.95. The normalized spacial score (nSPS) is 10.4. The van der Waals surface area contributed by atoms with Crippen LogP contribution in [-0.4, -0.2) is 15.1 Å². The van der Waals surface area contributed by atoms with Crippen molar-refractivity contribution < 1.29 is 5.11 Å². The van der Waals surface area contributed by atoms with E-state index in [1.165, 1.54) is 11.8 Å². The van der Waals surface area contributed by atoms with Gasteiger partial charge >= 0.3 is 0 Å². The van der Waals surface area contributed by atoms with Gasteiger partial charge in [-0.05, 0) is 36.0 Å². The fourth-order valence-electron chi connectivity index (χ4n) is 1.09. The number of nitrogens with zero attached hydrogens (tertiary/aromatic N) is 2. The molecule has 82 valence electrons. The van der Waals surface area contributed by atoms with Crippen molar-refractivity contribution in [1.29, 1.82) is 0 Å². The van der Waals surface area contributed by atoms with E-state index in [1.54, 1.807) is 12.4 Å². The molecule has 3 nitrogen and oxygen atoms in total. The predicted octanol–water partition coefficient (Wildman–Crippen LogP) is 2.77. The summed E-state index contributed by atoms with van der Waals surface area (Å²) in [4.78, 5) is 9.28. The summed E-state index contributed by atoms with van der Waals surface area (Å²) in [6, 6.07) is 7.48. The van der Waals surface area contributed by atoms with Gasteiger partial charge in [-0.3, -0.25) is 0 Å². The Kier molecular flexibility index (Phi) is 3.77. The van der Waals surface area contributed by atoms with Crippen LogP contribution in [0.5, 0.6) is 0 Å². The third-order valence-corrected chi connectivity index (χ3v) is 3.04. The lowest BCUT2D eigenvalue weighted by Crippen LogP contribution is -1.90. The monoisotopic (exact) mass is 252 g/mol. The van der Waals surface area contributed by atoms with Gasteiger partial charge in [-0.2, -0.15) is 0 Å². The average molecular weight is 253 g/mol. The van der Waals surface area contributed by atoms with Crippen molar-refractivity contribution in [3.63, 3.8) is 0 Å². The van der Waals surface area contributed by atoms with E-state index in [0.717, 1.165) is 4.90 Å². The summed E-state index contributed by atoms with van der Waals surface area (Å²) in [7, 11) is 0. The van der Waals surface area contributed by atoms with Crippen LogP contribution in [0.4, 0.5) is 0 Å². The van der Waals surface area contributed by atoms with E-state index < -0.39 is 0 Å². The quantitative estimate of drug-likeness (QED) is 0.854. The van der Waals surface area contributed by atoms with Crippen molar-refractivity contribution >= 4 is 23.4 Å². The molecule has 0 fully saturated rings. The highest BCUT2D eigenvalue weighted by Gasteiger charge is 2.00. The molecule has 0 amide bonds. The lowest BCUT2D eigenvalue weighted by Gasteiger charge is -2.00. The number of rotatable bonds is 3. The smallest absolute Gasteiger partial charge is 0.192 e. The zero-order valence-corrected chi connectivity index (χ0v) is 9.87. The Balaban J connectivity index is 2.11. The molecule has 1 aromatic heterocycles. The van der Waals surface area contributed by atoms with Crippen LogP contribution < -0.4 is 0 Å². The van der Waals surface area contributed by atoms with Crippen molar-refractivity contribution in [3.05, 3.63) is 47.2 Å². The fraction of sp³-hybridized carbons (Fsp3) is 0.0909. The number of halogens is 1. The second-order valence-electron chi connectivity index (χ2n) is 3.09. The minimum atomic E-state index is -0.0358. The summed E-state index contributed by atoms with van der Waals surface area (Å²) in [6.45, 7) is -0.0358. The summed E-state index contributed by atoms with van der Waals surface area (Å²) in [6.07, 6.45) is 3.23. The van der Waals surface area contributed by atoms with Gasteiger partial charge in [0.25, 0.3) is 0 Å². The Morgan fingerprint density at radius 2 is 1.75 bits per heavy atom. The standard InChI is InChI=1S/C11H9ClN2OS/c12-9-1-3-10(4-2-9)16-11-13-5-8(7-15)6-14-11/h1-6,15H,7H2. The van der Waals surface area contributed by atoms with Crippen molar-refractivity contribution in [3.8, 4) is 0 Å². The van der Waals surface area contributed by atoms with E-state index in [9.17, 15) is 0 Å². The molecular weight excluding hydrogens is 244 g/mol. The van der Waals surface area contributed by atoms with Crippen molar-refractivity contribution in [1.82, 2.24) is 9.97 Å². The molecule has 0 atom stereocenters. The van der Waals surface area contributed by atoms with Crippen LogP contribution in [0.25, 0.3) is 0 Å². The molecule has 0 unspecified atom stereocenters. The summed E-state index contributed by atoms with van der Waals surface area (Å²) < 4.78 is 0. The topological polar surface area (TPSA) is 46.0 Å². The Bertz CT molecular complexity index is 458. The molecule has 0 aliphatic heterocycles. The van der Waals surface area contributed by atoms with E-state index in [-0.39, 0.29) is 6.61 Å². The van der Waals surface area contributed by atoms with E-state index in [1.807, 2.05) is 24.3 Å². The Labute approximate surface area is 103 Å². The third-order valence-electron chi connectivity index (χ3n) is 1.89. The lowest BCUT2D eigenvalue weighted by atomic mass is 10.4. The second-order valence-corrected chi connectivity index (χ2v) is 4.57. The van der Waals surface area contributed by atoms with Gasteiger partial charge in [0.1, 0.15) is 0 Å². The van der Waals surface area contributed by atoms with E-state index in [4.69, 9.17) is 16.7 Å². The molecule has 0 bridgehead atoms. The lowest BCUT2D eigenvalue weighted by molar-refractivity contribution is 0.280. The van der Waals surface area contributed by atoms with E-state index in [0.29, 0.717) is 15.7 Å². The molecule has 0 aliphatic carbocycles. The molecular formula is C11H9ClN2OS. The number of benzene rings is 1. The first-order valence-corrected chi connectivity index (χ1v) is 5.82. The van der Waals surface area contributed by atoms with Crippen molar-refractivity contribution in [2.75, 3.05) is 0 Å². The van der Waals surface area contributed by atoms with Gasteiger partial charge in [-0.1, -0.05) is 11.6 Å². The summed E-state index contributed by atoms with van der Waals surface area (Å²) in [5, 5.41) is 10.2. The molecule has 2 aromatic rings. The van der Waals surface area contributed by atoms with E-state index in [2.05, 4.69) is 9.97 Å². The minimum Gasteiger partial charge on any atom is -0.392 e. The Morgan fingerprint density at radius 3 is 2.31 bits per heavy atom. The highest BCUT2D eigenvalue weighted by atomic mass is 35.5. The first kappa shape index (κ1) is 11.4. The van der Waals surface area contributed by atoms with Crippen molar-refractivity contribution in [2.24, 2.45) is 0 Å².